The number of benzene rings is 2. The van der Waals surface area contributed by atoms with Crippen molar-refractivity contribution in [3.8, 4) is 11.5 Å². The summed E-state index contributed by atoms with van der Waals surface area (Å²) in [7, 11) is -2.17. The molecule has 6 nitrogen and oxygen atoms in total. The molecule has 7 heteroatoms. The highest BCUT2D eigenvalue weighted by atomic mass is 32.2. The van der Waals surface area contributed by atoms with Gasteiger partial charge in [-0.15, -0.1) is 0 Å². The number of fused-ring (bicyclic) bond motifs is 2. The smallest absolute Gasteiger partial charge is 0.243 e. The molecule has 1 aliphatic rings. The van der Waals surface area contributed by atoms with Gasteiger partial charge in [0.25, 0.3) is 0 Å². The van der Waals surface area contributed by atoms with Crippen LogP contribution in [0.25, 0.3) is 11.0 Å². The zero-order valence-electron chi connectivity index (χ0n) is 14.5. The fourth-order valence-corrected chi connectivity index (χ4v) is 4.29. The molecule has 0 saturated heterocycles. The zero-order valence-corrected chi connectivity index (χ0v) is 15.3. The fraction of sp³-hybridized carbons (Fsp3) is 0.263. The second-order valence-corrected chi connectivity index (χ2v) is 8.19. The molecule has 0 radical (unpaired) electrons. The van der Waals surface area contributed by atoms with Gasteiger partial charge in [0.05, 0.1) is 10.9 Å². The van der Waals surface area contributed by atoms with E-state index in [4.69, 9.17) is 13.9 Å². The maximum Gasteiger partial charge on any atom is 0.243 e. The number of hydrogen-bond acceptors (Lipinski definition) is 5. The standard InChI is InChI=1S/C19H19NO5S/c1-13(18-11-14-5-3-4-6-16(14)25-18)20(2)26(21,22)15-7-8-17-19(12-15)24-10-9-23-17/h3-8,11-13H,9-10H2,1-2H3/t13-/m0/s1. The van der Waals surface area contributed by atoms with E-state index < -0.39 is 16.1 Å². The first-order chi connectivity index (χ1) is 12.5. The molecule has 0 N–H and O–H groups in total. The Labute approximate surface area is 152 Å². The van der Waals surface area contributed by atoms with E-state index in [9.17, 15) is 8.42 Å². The third-order valence-electron chi connectivity index (χ3n) is 4.59. The molecule has 2 heterocycles. The lowest BCUT2D eigenvalue weighted by Crippen LogP contribution is -2.29. The predicted octanol–water partition coefficient (Wildman–Crippen LogP) is 3.59. The largest absolute Gasteiger partial charge is 0.486 e. The van der Waals surface area contributed by atoms with Gasteiger partial charge in [0.1, 0.15) is 24.6 Å². The summed E-state index contributed by atoms with van der Waals surface area (Å²) in [5.74, 6) is 1.60. The second kappa shape index (κ2) is 6.34. The first kappa shape index (κ1) is 16.9. The minimum absolute atomic E-state index is 0.159. The van der Waals surface area contributed by atoms with E-state index in [0.29, 0.717) is 30.5 Å². The Morgan fingerprint density at radius 3 is 2.50 bits per heavy atom. The van der Waals surface area contributed by atoms with Gasteiger partial charge in [-0.1, -0.05) is 18.2 Å². The number of ether oxygens (including phenoxy) is 2. The van der Waals surface area contributed by atoms with E-state index >= 15 is 0 Å². The van der Waals surface area contributed by atoms with Crippen LogP contribution in [-0.4, -0.2) is 33.0 Å². The van der Waals surface area contributed by atoms with Gasteiger partial charge in [-0.3, -0.25) is 0 Å². The van der Waals surface area contributed by atoms with Crippen LogP contribution in [0, 0.1) is 0 Å². The first-order valence-corrected chi connectivity index (χ1v) is 9.77. The van der Waals surface area contributed by atoms with Crippen LogP contribution < -0.4 is 9.47 Å². The molecule has 1 aliphatic heterocycles. The van der Waals surface area contributed by atoms with Crippen molar-refractivity contribution in [3.05, 3.63) is 54.3 Å². The quantitative estimate of drug-likeness (QED) is 0.699. The summed E-state index contributed by atoms with van der Waals surface area (Å²) in [6.07, 6.45) is 0. The lowest BCUT2D eigenvalue weighted by Gasteiger charge is -2.24. The molecular weight excluding hydrogens is 354 g/mol. The maximum atomic E-state index is 13.0. The summed E-state index contributed by atoms with van der Waals surface area (Å²) < 4.78 is 44.1. The Balaban J connectivity index is 1.66. The van der Waals surface area contributed by atoms with Crippen molar-refractivity contribution < 1.29 is 22.3 Å². The Morgan fingerprint density at radius 2 is 1.73 bits per heavy atom. The molecule has 1 aromatic heterocycles. The molecule has 0 amide bonds. The van der Waals surface area contributed by atoms with Crippen molar-refractivity contribution in [3.63, 3.8) is 0 Å². The molecule has 1 atom stereocenters. The molecule has 0 saturated carbocycles. The molecule has 136 valence electrons. The van der Waals surface area contributed by atoms with E-state index in [1.54, 1.807) is 20.0 Å². The lowest BCUT2D eigenvalue weighted by molar-refractivity contribution is 0.171. The van der Waals surface area contributed by atoms with Crippen LogP contribution in [0.1, 0.15) is 18.7 Å². The van der Waals surface area contributed by atoms with E-state index in [1.807, 2.05) is 30.3 Å². The summed E-state index contributed by atoms with van der Waals surface area (Å²) in [6.45, 7) is 2.66. The highest BCUT2D eigenvalue weighted by Crippen LogP contribution is 2.35. The number of furan rings is 1. The van der Waals surface area contributed by atoms with E-state index in [0.717, 1.165) is 11.0 Å². The maximum absolute atomic E-state index is 13.0. The fourth-order valence-electron chi connectivity index (χ4n) is 2.95. The van der Waals surface area contributed by atoms with Gasteiger partial charge in [0, 0.05) is 18.5 Å². The molecule has 0 unspecified atom stereocenters. The van der Waals surface area contributed by atoms with Gasteiger partial charge in [-0.05, 0) is 31.2 Å². The molecule has 0 bridgehead atoms. The Hall–Kier alpha value is -2.51. The summed E-state index contributed by atoms with van der Waals surface area (Å²) in [5, 5.41) is 0.944. The number of sulfonamides is 1. The van der Waals surface area contributed by atoms with Crippen LogP contribution in [0.2, 0.25) is 0 Å². The van der Waals surface area contributed by atoms with Crippen LogP contribution in [-0.2, 0) is 10.0 Å². The summed E-state index contributed by atoms with van der Waals surface area (Å²) in [5.41, 5.74) is 0.736. The van der Waals surface area contributed by atoms with Crippen molar-refractivity contribution >= 4 is 21.0 Å². The van der Waals surface area contributed by atoms with Crippen LogP contribution in [0.4, 0.5) is 0 Å². The Kier molecular flexibility index (Phi) is 4.13. The number of rotatable bonds is 4. The molecule has 0 fully saturated rings. The van der Waals surface area contributed by atoms with Gasteiger partial charge >= 0.3 is 0 Å². The predicted molar refractivity (Wildman–Crippen MR) is 97.0 cm³/mol. The summed E-state index contributed by atoms with van der Waals surface area (Å²) in [4.78, 5) is 0.159. The number of para-hydroxylation sites is 1. The molecule has 26 heavy (non-hydrogen) atoms. The van der Waals surface area contributed by atoms with Gasteiger partial charge < -0.3 is 13.9 Å². The van der Waals surface area contributed by atoms with E-state index in [1.165, 1.54) is 16.4 Å². The van der Waals surface area contributed by atoms with Gasteiger partial charge in [0.2, 0.25) is 10.0 Å². The molecule has 4 rings (SSSR count). The van der Waals surface area contributed by atoms with Crippen LogP contribution in [0.5, 0.6) is 11.5 Å². The van der Waals surface area contributed by atoms with E-state index in [-0.39, 0.29) is 4.90 Å². The number of nitrogens with zero attached hydrogens (tertiary/aromatic N) is 1. The lowest BCUT2D eigenvalue weighted by atomic mass is 10.2. The monoisotopic (exact) mass is 373 g/mol. The minimum atomic E-state index is -3.72. The third-order valence-corrected chi connectivity index (χ3v) is 6.52. The van der Waals surface area contributed by atoms with Crippen LogP contribution >= 0.6 is 0 Å². The number of hydrogen-bond donors (Lipinski definition) is 0. The second-order valence-electron chi connectivity index (χ2n) is 6.19. The Morgan fingerprint density at radius 1 is 1.00 bits per heavy atom. The highest BCUT2D eigenvalue weighted by molar-refractivity contribution is 7.89. The molecular formula is C19H19NO5S. The topological polar surface area (TPSA) is 69.0 Å². The molecule has 3 aromatic rings. The molecule has 2 aromatic carbocycles. The van der Waals surface area contributed by atoms with Crippen LogP contribution in [0.15, 0.2) is 57.8 Å². The Bertz CT molecular complexity index is 1020. The summed E-state index contributed by atoms with van der Waals surface area (Å²) >= 11 is 0. The van der Waals surface area contributed by atoms with Gasteiger partial charge in [-0.2, -0.15) is 4.31 Å². The van der Waals surface area contributed by atoms with Crippen molar-refractivity contribution in [2.75, 3.05) is 20.3 Å². The van der Waals surface area contributed by atoms with Crippen molar-refractivity contribution in [1.82, 2.24) is 4.31 Å². The van der Waals surface area contributed by atoms with Crippen molar-refractivity contribution in [2.24, 2.45) is 0 Å². The molecule has 0 aliphatic carbocycles. The average molecular weight is 373 g/mol. The SMILES string of the molecule is C[C@@H](c1cc2ccccc2o1)N(C)S(=O)(=O)c1ccc2c(c1)OCCO2. The van der Waals surface area contributed by atoms with Gasteiger partial charge in [0.15, 0.2) is 11.5 Å². The van der Waals surface area contributed by atoms with Crippen molar-refractivity contribution in [2.45, 2.75) is 17.9 Å². The summed E-state index contributed by atoms with van der Waals surface area (Å²) in [6, 6.07) is 13.7. The van der Waals surface area contributed by atoms with Crippen LogP contribution in [0.3, 0.4) is 0 Å². The first-order valence-electron chi connectivity index (χ1n) is 8.33. The minimum Gasteiger partial charge on any atom is -0.486 e. The highest BCUT2D eigenvalue weighted by Gasteiger charge is 2.29. The van der Waals surface area contributed by atoms with Crippen molar-refractivity contribution in [1.29, 1.82) is 0 Å². The zero-order chi connectivity index (χ0) is 18.3. The average Bonchev–Trinajstić information content (AvgIpc) is 3.10. The third kappa shape index (κ3) is 2.83. The van der Waals surface area contributed by atoms with E-state index in [2.05, 4.69) is 0 Å². The van der Waals surface area contributed by atoms with Gasteiger partial charge in [-0.25, -0.2) is 8.42 Å². The molecule has 0 spiro atoms. The normalized spacial score (nSPS) is 15.3.